The van der Waals surface area contributed by atoms with Gasteiger partial charge >= 0.3 is 5.97 Å². The fraction of sp³-hybridized carbons (Fsp3) is 0.762. The van der Waals surface area contributed by atoms with E-state index in [1.54, 1.807) is 6.08 Å². The van der Waals surface area contributed by atoms with Gasteiger partial charge in [0.05, 0.1) is 12.2 Å². The van der Waals surface area contributed by atoms with Gasteiger partial charge in [0.25, 0.3) is 0 Å². The maximum Gasteiger partial charge on any atom is 0.327 e. The molecule has 0 aromatic rings. The standard InChI is InChI=1S/C21H34O3/c1-2-3-4-5-6-9-12-17-18(20-16-15-19(17)24-20)13-10-7-8-11-14-21(22)23/h9,11-12,14,17-20H,2-8,10,13,15-16H2,1H3,(H,22,23)/b12-9+,14-11+/t17-,18+,19-,20+/m1/s1. The van der Waals surface area contributed by atoms with Gasteiger partial charge in [-0.25, -0.2) is 4.79 Å². The minimum atomic E-state index is -0.847. The van der Waals surface area contributed by atoms with Crippen LogP contribution in [0.4, 0.5) is 0 Å². The average Bonchev–Trinajstić information content (AvgIpc) is 3.15. The van der Waals surface area contributed by atoms with E-state index < -0.39 is 5.97 Å². The Bertz CT molecular complexity index is 427. The van der Waals surface area contributed by atoms with Gasteiger partial charge in [-0.15, -0.1) is 0 Å². The molecule has 0 spiro atoms. The number of carboxylic acid groups (broad SMARTS) is 1. The molecule has 2 fully saturated rings. The Morgan fingerprint density at radius 1 is 1.04 bits per heavy atom. The van der Waals surface area contributed by atoms with Crippen molar-refractivity contribution < 1.29 is 14.6 Å². The molecule has 0 saturated carbocycles. The van der Waals surface area contributed by atoms with Crippen LogP contribution in [0.25, 0.3) is 0 Å². The molecule has 0 radical (unpaired) electrons. The molecule has 2 saturated heterocycles. The minimum Gasteiger partial charge on any atom is -0.478 e. The largest absolute Gasteiger partial charge is 0.478 e. The van der Waals surface area contributed by atoms with Crippen molar-refractivity contribution >= 4 is 5.97 Å². The van der Waals surface area contributed by atoms with Crippen molar-refractivity contribution in [3.8, 4) is 0 Å². The van der Waals surface area contributed by atoms with Gasteiger partial charge in [0.2, 0.25) is 0 Å². The topological polar surface area (TPSA) is 46.5 Å². The molecule has 136 valence electrons. The molecule has 0 aliphatic carbocycles. The van der Waals surface area contributed by atoms with Crippen LogP contribution >= 0.6 is 0 Å². The van der Waals surface area contributed by atoms with E-state index in [1.807, 2.05) is 0 Å². The van der Waals surface area contributed by atoms with Gasteiger partial charge in [-0.3, -0.25) is 0 Å². The summed E-state index contributed by atoms with van der Waals surface area (Å²) in [5.74, 6) is 0.448. The van der Waals surface area contributed by atoms with Crippen molar-refractivity contribution in [3.05, 3.63) is 24.3 Å². The Kier molecular flexibility index (Phi) is 8.58. The summed E-state index contributed by atoms with van der Waals surface area (Å²) in [6.07, 6.45) is 22.1. The summed E-state index contributed by atoms with van der Waals surface area (Å²) in [5, 5.41) is 8.59. The monoisotopic (exact) mass is 334 g/mol. The van der Waals surface area contributed by atoms with Crippen LogP contribution in [0.5, 0.6) is 0 Å². The molecule has 0 aromatic carbocycles. The highest BCUT2D eigenvalue weighted by molar-refractivity contribution is 5.79. The van der Waals surface area contributed by atoms with Crippen LogP contribution in [-0.2, 0) is 9.53 Å². The molecular weight excluding hydrogens is 300 g/mol. The Balaban J connectivity index is 1.69. The third-order valence-corrected chi connectivity index (χ3v) is 5.49. The van der Waals surface area contributed by atoms with E-state index >= 15 is 0 Å². The second kappa shape index (κ2) is 10.7. The first-order valence-corrected chi connectivity index (χ1v) is 9.94. The van der Waals surface area contributed by atoms with Crippen LogP contribution in [0, 0.1) is 11.8 Å². The number of ether oxygens (including phenoxy) is 1. The van der Waals surface area contributed by atoms with Crippen molar-refractivity contribution in [2.24, 2.45) is 11.8 Å². The lowest BCUT2D eigenvalue weighted by Gasteiger charge is -2.25. The zero-order valence-corrected chi connectivity index (χ0v) is 15.2. The van der Waals surface area contributed by atoms with Crippen LogP contribution in [0.15, 0.2) is 24.3 Å². The molecule has 3 nitrogen and oxygen atoms in total. The quantitative estimate of drug-likeness (QED) is 0.291. The van der Waals surface area contributed by atoms with Crippen molar-refractivity contribution in [2.75, 3.05) is 0 Å². The lowest BCUT2D eigenvalue weighted by atomic mass is 9.76. The molecule has 2 bridgehead atoms. The van der Waals surface area contributed by atoms with E-state index in [0.29, 0.717) is 24.0 Å². The number of hydrogen-bond donors (Lipinski definition) is 1. The van der Waals surface area contributed by atoms with E-state index in [1.165, 1.54) is 63.9 Å². The van der Waals surface area contributed by atoms with E-state index in [4.69, 9.17) is 9.84 Å². The van der Waals surface area contributed by atoms with Crippen LogP contribution in [0.3, 0.4) is 0 Å². The van der Waals surface area contributed by atoms with Gasteiger partial charge in [0.15, 0.2) is 0 Å². The van der Waals surface area contributed by atoms with Crippen molar-refractivity contribution in [2.45, 2.75) is 89.8 Å². The van der Waals surface area contributed by atoms with Crippen molar-refractivity contribution in [1.82, 2.24) is 0 Å². The molecular formula is C21H34O3. The predicted octanol–water partition coefficient (Wildman–Crippen LogP) is 5.51. The first-order valence-electron chi connectivity index (χ1n) is 9.94. The first kappa shape index (κ1) is 19.2. The van der Waals surface area contributed by atoms with Crippen molar-refractivity contribution in [3.63, 3.8) is 0 Å². The summed E-state index contributed by atoms with van der Waals surface area (Å²) < 4.78 is 6.16. The molecule has 4 atom stereocenters. The molecule has 3 heteroatoms. The Labute approximate surface area is 147 Å². The smallest absolute Gasteiger partial charge is 0.327 e. The van der Waals surface area contributed by atoms with Gasteiger partial charge in [-0.1, -0.05) is 50.8 Å². The SMILES string of the molecule is CCCCCC/C=C/[C@@H]1[C@H](CCCC/C=C/C(=O)O)[C@@H]2CC[C@H]1O2. The fourth-order valence-corrected chi connectivity index (χ4v) is 4.22. The number of allylic oxidation sites excluding steroid dienone is 2. The van der Waals surface area contributed by atoms with Gasteiger partial charge in [-0.05, 0) is 50.9 Å². The summed E-state index contributed by atoms with van der Waals surface area (Å²) in [6, 6.07) is 0. The van der Waals surface area contributed by atoms with Crippen LogP contribution < -0.4 is 0 Å². The molecule has 2 aliphatic rings. The maximum absolute atomic E-state index is 10.4. The Morgan fingerprint density at radius 2 is 1.79 bits per heavy atom. The summed E-state index contributed by atoms with van der Waals surface area (Å²) in [4.78, 5) is 10.4. The Morgan fingerprint density at radius 3 is 2.58 bits per heavy atom. The summed E-state index contributed by atoms with van der Waals surface area (Å²) >= 11 is 0. The normalized spacial score (nSPS) is 29.2. The highest BCUT2D eigenvalue weighted by Crippen LogP contribution is 2.46. The molecule has 1 N–H and O–H groups in total. The second-order valence-electron chi connectivity index (χ2n) is 7.33. The number of hydrogen-bond acceptors (Lipinski definition) is 2. The molecule has 2 aliphatic heterocycles. The third kappa shape index (κ3) is 6.08. The van der Waals surface area contributed by atoms with E-state index in [2.05, 4.69) is 19.1 Å². The minimum absolute atomic E-state index is 0.457. The van der Waals surface area contributed by atoms with Crippen LogP contribution in [0.1, 0.15) is 77.6 Å². The molecule has 0 amide bonds. The lowest BCUT2D eigenvalue weighted by molar-refractivity contribution is -0.131. The Hall–Kier alpha value is -1.09. The van der Waals surface area contributed by atoms with E-state index in [9.17, 15) is 4.79 Å². The number of carbonyl (C=O) groups is 1. The maximum atomic E-state index is 10.4. The predicted molar refractivity (Wildman–Crippen MR) is 98.0 cm³/mol. The number of carboxylic acids is 1. The third-order valence-electron chi connectivity index (χ3n) is 5.49. The van der Waals surface area contributed by atoms with Gasteiger partial charge in [0, 0.05) is 12.0 Å². The lowest BCUT2D eigenvalue weighted by Crippen LogP contribution is -2.25. The highest BCUT2D eigenvalue weighted by atomic mass is 16.5. The van der Waals surface area contributed by atoms with Gasteiger partial charge in [0.1, 0.15) is 0 Å². The average molecular weight is 335 g/mol. The number of unbranched alkanes of at least 4 members (excludes halogenated alkanes) is 6. The van der Waals surface area contributed by atoms with Gasteiger partial charge < -0.3 is 9.84 Å². The van der Waals surface area contributed by atoms with Crippen LogP contribution in [-0.4, -0.2) is 23.3 Å². The summed E-state index contributed by atoms with van der Waals surface area (Å²) in [7, 11) is 0. The highest BCUT2D eigenvalue weighted by Gasteiger charge is 2.46. The zero-order chi connectivity index (χ0) is 17.2. The molecule has 24 heavy (non-hydrogen) atoms. The molecule has 0 aromatic heterocycles. The van der Waals surface area contributed by atoms with E-state index in [0.717, 1.165) is 12.8 Å². The number of aliphatic carboxylic acids is 1. The fourth-order valence-electron chi connectivity index (χ4n) is 4.22. The second-order valence-corrected chi connectivity index (χ2v) is 7.33. The first-order chi connectivity index (χ1) is 11.7. The molecule has 0 unspecified atom stereocenters. The van der Waals surface area contributed by atoms with Crippen molar-refractivity contribution in [1.29, 1.82) is 0 Å². The van der Waals surface area contributed by atoms with E-state index in [-0.39, 0.29) is 0 Å². The summed E-state index contributed by atoms with van der Waals surface area (Å²) in [5.41, 5.74) is 0. The molecule has 2 rings (SSSR count). The summed E-state index contributed by atoms with van der Waals surface area (Å²) in [6.45, 7) is 2.25. The van der Waals surface area contributed by atoms with Crippen LogP contribution in [0.2, 0.25) is 0 Å². The number of rotatable bonds is 12. The zero-order valence-electron chi connectivity index (χ0n) is 15.2. The number of fused-ring (bicyclic) bond motifs is 2. The van der Waals surface area contributed by atoms with Gasteiger partial charge in [-0.2, -0.15) is 0 Å². The molecule has 2 heterocycles.